The maximum Gasteiger partial charge on any atom is 0.203 e. The number of benzene rings is 2. The normalized spacial score (nSPS) is 11.0. The number of nitrogens with one attached hydrogen (secondary N) is 1. The Hall–Kier alpha value is -3.21. The molecule has 0 aliphatic rings. The highest BCUT2D eigenvalue weighted by atomic mass is 16.5. The minimum atomic E-state index is 0.553. The number of hydrogen-bond donors (Lipinski definition) is 1. The van der Waals surface area contributed by atoms with E-state index in [-0.39, 0.29) is 0 Å². The second kappa shape index (κ2) is 6.02. The van der Waals surface area contributed by atoms with Gasteiger partial charge in [-0.15, -0.1) is 0 Å². The SMILES string of the molecule is COc1ccc(-c2nccc3c2[nH]c2ccccc23)c(OC)c1OC. The Morgan fingerprint density at radius 3 is 2.36 bits per heavy atom. The number of methoxy groups -OCH3 is 3. The topological polar surface area (TPSA) is 56.4 Å². The Morgan fingerprint density at radius 2 is 1.60 bits per heavy atom. The molecule has 5 heteroatoms. The standard InChI is InChI=1S/C20H18N2O3/c1-23-16-9-8-14(19(24-2)20(16)25-3)17-18-13(10-11-21-17)12-6-4-5-7-15(12)22-18/h4-11,22H,1-3H3. The summed E-state index contributed by atoms with van der Waals surface area (Å²) in [7, 11) is 4.82. The van der Waals surface area contributed by atoms with E-state index in [0.29, 0.717) is 17.2 Å². The summed E-state index contributed by atoms with van der Waals surface area (Å²) in [5.41, 5.74) is 3.70. The van der Waals surface area contributed by atoms with E-state index in [4.69, 9.17) is 14.2 Å². The summed E-state index contributed by atoms with van der Waals surface area (Å²) in [6, 6.07) is 14.0. The number of para-hydroxylation sites is 1. The van der Waals surface area contributed by atoms with E-state index >= 15 is 0 Å². The lowest BCUT2D eigenvalue weighted by Crippen LogP contribution is -1.98. The molecular formula is C20H18N2O3. The molecule has 0 atom stereocenters. The van der Waals surface area contributed by atoms with Crippen LogP contribution in [0.15, 0.2) is 48.7 Å². The third kappa shape index (κ3) is 2.28. The van der Waals surface area contributed by atoms with Gasteiger partial charge in [0.25, 0.3) is 0 Å². The van der Waals surface area contributed by atoms with Gasteiger partial charge < -0.3 is 19.2 Å². The lowest BCUT2D eigenvalue weighted by Gasteiger charge is -2.15. The van der Waals surface area contributed by atoms with Crippen molar-refractivity contribution < 1.29 is 14.2 Å². The number of hydrogen-bond acceptors (Lipinski definition) is 4. The van der Waals surface area contributed by atoms with Gasteiger partial charge in [0.2, 0.25) is 5.75 Å². The highest BCUT2D eigenvalue weighted by Gasteiger charge is 2.20. The monoisotopic (exact) mass is 334 g/mol. The summed E-state index contributed by atoms with van der Waals surface area (Å²) < 4.78 is 16.5. The van der Waals surface area contributed by atoms with Crippen molar-refractivity contribution >= 4 is 21.8 Å². The van der Waals surface area contributed by atoms with Gasteiger partial charge in [-0.3, -0.25) is 4.98 Å². The molecule has 0 fully saturated rings. The van der Waals surface area contributed by atoms with Crippen LogP contribution in [-0.2, 0) is 0 Å². The van der Waals surface area contributed by atoms with Crippen LogP contribution >= 0.6 is 0 Å². The van der Waals surface area contributed by atoms with Gasteiger partial charge in [-0.25, -0.2) is 0 Å². The van der Waals surface area contributed by atoms with Crippen LogP contribution in [0.25, 0.3) is 33.1 Å². The molecule has 0 radical (unpaired) electrons. The Bertz CT molecular complexity index is 1070. The van der Waals surface area contributed by atoms with Crippen LogP contribution in [-0.4, -0.2) is 31.3 Å². The molecule has 0 saturated heterocycles. The minimum Gasteiger partial charge on any atom is -0.493 e. The summed E-state index contributed by atoms with van der Waals surface area (Å²) in [5, 5.41) is 2.29. The number of nitrogens with zero attached hydrogens (tertiary/aromatic N) is 1. The maximum absolute atomic E-state index is 5.63. The number of aromatic nitrogens is 2. The summed E-state index contributed by atoms with van der Waals surface area (Å²) in [6.07, 6.45) is 1.81. The fourth-order valence-corrected chi connectivity index (χ4v) is 3.27. The van der Waals surface area contributed by atoms with Crippen molar-refractivity contribution in [1.82, 2.24) is 9.97 Å². The summed E-state index contributed by atoms with van der Waals surface area (Å²) >= 11 is 0. The van der Waals surface area contributed by atoms with E-state index in [1.165, 1.54) is 5.39 Å². The number of rotatable bonds is 4. The first kappa shape index (κ1) is 15.3. The molecule has 5 nitrogen and oxygen atoms in total. The van der Waals surface area contributed by atoms with Crippen molar-refractivity contribution in [3.8, 4) is 28.5 Å². The Kier molecular flexibility index (Phi) is 3.69. The summed E-state index contributed by atoms with van der Waals surface area (Å²) in [4.78, 5) is 8.08. The van der Waals surface area contributed by atoms with Crippen molar-refractivity contribution in [3.63, 3.8) is 0 Å². The van der Waals surface area contributed by atoms with Crippen molar-refractivity contribution in [2.24, 2.45) is 0 Å². The number of aromatic amines is 1. The summed E-state index contributed by atoms with van der Waals surface area (Å²) in [5.74, 6) is 1.77. The summed E-state index contributed by atoms with van der Waals surface area (Å²) in [6.45, 7) is 0. The van der Waals surface area contributed by atoms with E-state index in [0.717, 1.165) is 27.7 Å². The second-order valence-corrected chi connectivity index (χ2v) is 5.63. The number of fused-ring (bicyclic) bond motifs is 3. The molecule has 0 amide bonds. The van der Waals surface area contributed by atoms with Crippen LogP contribution in [0, 0.1) is 0 Å². The van der Waals surface area contributed by atoms with Gasteiger partial charge in [-0.2, -0.15) is 0 Å². The highest BCUT2D eigenvalue weighted by molar-refractivity contribution is 6.11. The predicted molar refractivity (Wildman–Crippen MR) is 98.7 cm³/mol. The zero-order valence-corrected chi connectivity index (χ0v) is 14.3. The van der Waals surface area contributed by atoms with Crippen molar-refractivity contribution in [2.75, 3.05) is 21.3 Å². The van der Waals surface area contributed by atoms with Crippen LogP contribution in [0.5, 0.6) is 17.2 Å². The maximum atomic E-state index is 5.63. The van der Waals surface area contributed by atoms with Gasteiger partial charge in [-0.05, 0) is 24.3 Å². The smallest absolute Gasteiger partial charge is 0.203 e. The van der Waals surface area contributed by atoms with Crippen LogP contribution in [0.1, 0.15) is 0 Å². The van der Waals surface area contributed by atoms with Crippen molar-refractivity contribution in [2.45, 2.75) is 0 Å². The largest absolute Gasteiger partial charge is 0.493 e. The lowest BCUT2D eigenvalue weighted by atomic mass is 10.1. The fourth-order valence-electron chi connectivity index (χ4n) is 3.27. The Morgan fingerprint density at radius 1 is 0.800 bits per heavy atom. The third-order valence-electron chi connectivity index (χ3n) is 4.39. The first-order valence-corrected chi connectivity index (χ1v) is 7.93. The van der Waals surface area contributed by atoms with Crippen molar-refractivity contribution in [1.29, 1.82) is 0 Å². The van der Waals surface area contributed by atoms with E-state index in [1.807, 2.05) is 36.5 Å². The molecule has 4 aromatic rings. The molecule has 0 saturated carbocycles. The van der Waals surface area contributed by atoms with Crippen LogP contribution in [0.2, 0.25) is 0 Å². The van der Waals surface area contributed by atoms with Gasteiger partial charge in [-0.1, -0.05) is 18.2 Å². The Labute approximate surface area is 145 Å². The van der Waals surface area contributed by atoms with Gasteiger partial charge in [0.05, 0.1) is 32.5 Å². The van der Waals surface area contributed by atoms with Gasteiger partial charge >= 0.3 is 0 Å². The molecular weight excluding hydrogens is 316 g/mol. The second-order valence-electron chi connectivity index (χ2n) is 5.63. The van der Waals surface area contributed by atoms with Crippen LogP contribution in [0.4, 0.5) is 0 Å². The molecule has 126 valence electrons. The molecule has 4 rings (SSSR count). The predicted octanol–water partition coefficient (Wildman–Crippen LogP) is 4.41. The first-order chi connectivity index (χ1) is 12.3. The average molecular weight is 334 g/mol. The van der Waals surface area contributed by atoms with E-state index < -0.39 is 0 Å². The molecule has 25 heavy (non-hydrogen) atoms. The van der Waals surface area contributed by atoms with E-state index in [9.17, 15) is 0 Å². The first-order valence-electron chi connectivity index (χ1n) is 7.93. The van der Waals surface area contributed by atoms with Crippen LogP contribution < -0.4 is 14.2 Å². The molecule has 2 aromatic carbocycles. The number of H-pyrrole nitrogens is 1. The van der Waals surface area contributed by atoms with E-state index in [2.05, 4.69) is 22.1 Å². The molecule has 1 N–H and O–H groups in total. The van der Waals surface area contributed by atoms with Crippen LogP contribution in [0.3, 0.4) is 0 Å². The molecule has 2 heterocycles. The molecule has 0 aliphatic heterocycles. The van der Waals surface area contributed by atoms with E-state index in [1.54, 1.807) is 21.3 Å². The molecule has 0 aliphatic carbocycles. The highest BCUT2D eigenvalue weighted by Crippen LogP contribution is 2.45. The average Bonchev–Trinajstić information content (AvgIpc) is 3.05. The molecule has 0 spiro atoms. The van der Waals surface area contributed by atoms with Gasteiger partial charge in [0.15, 0.2) is 11.5 Å². The number of pyridine rings is 1. The fraction of sp³-hybridized carbons (Fsp3) is 0.150. The van der Waals surface area contributed by atoms with Gasteiger partial charge in [0, 0.05) is 28.0 Å². The lowest BCUT2D eigenvalue weighted by molar-refractivity contribution is 0.325. The van der Waals surface area contributed by atoms with Gasteiger partial charge in [0.1, 0.15) is 0 Å². The third-order valence-corrected chi connectivity index (χ3v) is 4.39. The van der Waals surface area contributed by atoms with Crippen molar-refractivity contribution in [3.05, 3.63) is 48.7 Å². The molecule has 2 aromatic heterocycles. The molecule has 0 bridgehead atoms. The Balaban J connectivity index is 2.05. The molecule has 0 unspecified atom stereocenters. The zero-order valence-electron chi connectivity index (χ0n) is 14.3. The zero-order chi connectivity index (χ0) is 17.4. The quantitative estimate of drug-likeness (QED) is 0.601. The minimum absolute atomic E-state index is 0.553. The number of ether oxygens (including phenoxy) is 3.